The molecule has 2 saturated heterocycles. The molecule has 0 bridgehead atoms. The SMILES string of the molecule is CC[C@H](C)[C@@H]1NC(=O)[C@H](CCCNC(=N)N)NC(=O)[C@H](Cc2ccc(O)cc2)NC(=O)[C@H](Cc2ccc(O)cc2)NC(=O)[C@H](Cc2cnc[nH]2)NC(=O)[C@H](Cc2cnc[nH]2)NC(=O)[C@H](Cc2ccc(O)cc2)NC(=O)CSC[C@@H](C(=O)NCC(N)=O)NC(=O)CNC(=O)[C@@H]2CCCN2C(=O)[C@H](CCC(=O)O)NC(=O)CNC(=O)[C@H](Cc2ccc(O)cc2)NC(=O)[C@H](CC(C)C)NC1=O. The normalized spacial score (nSPS) is 22.6. The van der Waals surface area contributed by atoms with Gasteiger partial charge in [-0.1, -0.05) is 82.6 Å². The summed E-state index contributed by atoms with van der Waals surface area (Å²) >= 11 is 0.737. The maximum atomic E-state index is 15.5. The van der Waals surface area contributed by atoms with E-state index in [1.807, 2.05) is 0 Å². The van der Waals surface area contributed by atoms with Crippen molar-refractivity contribution in [2.24, 2.45) is 23.3 Å². The summed E-state index contributed by atoms with van der Waals surface area (Å²) < 4.78 is 0. The van der Waals surface area contributed by atoms with E-state index in [1.165, 1.54) is 122 Å². The second-order valence-electron chi connectivity index (χ2n) is 32.6. The van der Waals surface area contributed by atoms with E-state index in [4.69, 9.17) is 16.9 Å². The molecule has 16 amide bonds. The first-order valence-electron chi connectivity index (χ1n) is 43.0. The number of H-pyrrole nitrogens is 2. The zero-order valence-corrected chi connectivity index (χ0v) is 74.4. The minimum Gasteiger partial charge on any atom is -0.508 e. The number of carbonyl (C=O) groups excluding carboxylic acids is 16. The van der Waals surface area contributed by atoms with Crippen molar-refractivity contribution in [1.29, 1.82) is 5.41 Å². The first-order valence-corrected chi connectivity index (χ1v) is 44.2. The van der Waals surface area contributed by atoms with Crippen molar-refractivity contribution in [3.05, 3.63) is 156 Å². The number of phenols is 4. The van der Waals surface area contributed by atoms with E-state index in [1.54, 1.807) is 27.7 Å². The number of phenolic OH excluding ortho intramolecular Hbond substituents is 4. The Morgan fingerprint density at radius 3 is 1.32 bits per heavy atom. The van der Waals surface area contributed by atoms with E-state index in [-0.39, 0.29) is 124 Å². The van der Waals surface area contributed by atoms with Crippen LogP contribution in [0, 0.1) is 17.2 Å². The van der Waals surface area contributed by atoms with Gasteiger partial charge in [0.1, 0.15) is 95.5 Å². The highest BCUT2D eigenvalue weighted by molar-refractivity contribution is 8.00. The molecule has 2 aliphatic rings. The number of guanidine groups is 1. The number of primary amides is 1. The summed E-state index contributed by atoms with van der Waals surface area (Å²) in [6.45, 7) is 4.13. The van der Waals surface area contributed by atoms with Gasteiger partial charge in [-0.3, -0.25) is 86.9 Å². The summed E-state index contributed by atoms with van der Waals surface area (Å²) in [5, 5.41) is 97.8. The van der Waals surface area contributed by atoms with E-state index in [9.17, 15) is 73.5 Å². The van der Waals surface area contributed by atoms with E-state index in [2.05, 4.69) is 99.7 Å². The van der Waals surface area contributed by atoms with E-state index >= 15 is 33.6 Å². The number of nitrogens with two attached hydrogens (primary N) is 2. The standard InChI is InChI=1S/C87H115N23O22S/c1-5-47(4)74-85(131)108-60(30-46(2)3)78(124)103-61(31-48-10-18-54(111)19-11-48)75(121)95-40-70(116)99-59(26-27-73(119)120)86(132)110-29-7-9-68(110)84(130)96-41-71(117)101-67(76(122)94-39-69(88)115)42-133-43-72(118)100-62(32-49-12-20-55(112)21-13-49)79(125)106-66(36-53-38-92-45-98-53)83(129)107-65(35-52-37-91-44-97-52)82(128)105-64(34-51-16-24-57(114)25-17-51)81(127)104-63(33-50-14-22-56(113)23-15-50)80(126)102-58(77(123)109-74)8-6-28-93-87(89)90/h10-25,37-38,44-47,58-68,74,111-114H,5-9,26-36,39-43H2,1-4H3,(H2,88,115)(H,91,97)(H,92,98)(H,94,122)(H,95,121)(H,96,130)(H,99,116)(H,100,118)(H,101,117)(H,102,126)(H,103,124)(H,104,127)(H,105,128)(H,106,125)(H,107,129)(H,108,131)(H,109,123)(H,119,120)(H4,89,90,93)/t47-,58-,59-,60-,61-,62-,63-,64-,65-,66-,67-,68-,74-/m0/s1. The summed E-state index contributed by atoms with van der Waals surface area (Å²) in [6, 6.07) is 2.85. The quantitative estimate of drug-likeness (QED) is 0.0139. The van der Waals surface area contributed by atoms with Gasteiger partial charge in [0.15, 0.2) is 5.96 Å². The Kier molecular flexibility index (Phi) is 40.1. The molecule has 6 aromatic rings. The number of hydrogen-bond donors (Lipinski definition) is 25. The lowest BCUT2D eigenvalue weighted by molar-refractivity contribution is -0.143. The van der Waals surface area contributed by atoms with Crippen LogP contribution in [0.2, 0.25) is 0 Å². The maximum Gasteiger partial charge on any atom is 0.303 e. The van der Waals surface area contributed by atoms with Crippen molar-refractivity contribution in [3.8, 4) is 23.0 Å². The van der Waals surface area contributed by atoms with Crippen LogP contribution in [-0.4, -0.2) is 274 Å². The molecule has 2 aromatic heterocycles. The van der Waals surface area contributed by atoms with Crippen LogP contribution < -0.4 is 91.2 Å². The molecule has 4 heterocycles. The number of fused-ring (bicyclic) bond motifs is 1. The maximum absolute atomic E-state index is 15.5. The van der Waals surface area contributed by atoms with Gasteiger partial charge < -0.3 is 132 Å². The van der Waals surface area contributed by atoms with Gasteiger partial charge in [0.2, 0.25) is 94.5 Å². The number of nitrogens with one attached hydrogen (secondary N) is 18. The van der Waals surface area contributed by atoms with Crippen LogP contribution >= 0.6 is 11.8 Å². The average molecular weight is 1870 g/mol. The van der Waals surface area contributed by atoms with Gasteiger partial charge >= 0.3 is 5.97 Å². The molecule has 0 spiro atoms. The van der Waals surface area contributed by atoms with Crippen LogP contribution in [0.5, 0.6) is 23.0 Å². The number of carboxylic acids is 1. The number of amides is 16. The summed E-state index contributed by atoms with van der Waals surface area (Å²) in [6.07, 6.45) is 1.88. The predicted octanol–water partition coefficient (Wildman–Crippen LogP) is -4.16. The lowest BCUT2D eigenvalue weighted by Gasteiger charge is -2.30. The molecule has 4 aromatic carbocycles. The van der Waals surface area contributed by atoms with Gasteiger partial charge in [-0.2, -0.15) is 0 Å². The van der Waals surface area contributed by atoms with Crippen LogP contribution in [0.15, 0.2) is 122 Å². The monoisotopic (exact) mass is 1870 g/mol. The third kappa shape index (κ3) is 34.5. The molecule has 0 unspecified atom stereocenters. The Balaban J connectivity index is 1.18. The number of benzene rings is 4. The highest BCUT2D eigenvalue weighted by atomic mass is 32.2. The van der Waals surface area contributed by atoms with E-state index in [0.717, 1.165) is 16.7 Å². The summed E-state index contributed by atoms with van der Waals surface area (Å²) in [7, 11) is 0. The number of carbonyl (C=O) groups is 17. The first kappa shape index (κ1) is 103. The van der Waals surface area contributed by atoms with Gasteiger partial charge in [0.25, 0.3) is 0 Å². The minimum atomic E-state index is -1.71. The van der Waals surface area contributed by atoms with E-state index in [0.29, 0.717) is 22.3 Å². The summed E-state index contributed by atoms with van der Waals surface area (Å²) in [5.74, 6) is -20.5. The fraction of sp³-hybridized carbons (Fsp3) is 0.448. The minimum absolute atomic E-state index is 0.00543. The van der Waals surface area contributed by atoms with Crippen molar-refractivity contribution in [2.45, 2.75) is 190 Å². The Bertz CT molecular complexity index is 5030. The molecule has 45 nitrogen and oxygen atoms in total. The molecule has 133 heavy (non-hydrogen) atoms. The molecule has 27 N–H and O–H groups in total. The van der Waals surface area contributed by atoms with Crippen LogP contribution in [0.4, 0.5) is 0 Å². The van der Waals surface area contributed by atoms with E-state index < -0.39 is 235 Å². The molecule has 46 heteroatoms. The summed E-state index contributed by atoms with van der Waals surface area (Å²) in [5.41, 5.74) is 12.9. The Morgan fingerprint density at radius 2 is 0.895 bits per heavy atom. The number of aromatic nitrogens is 4. The number of rotatable bonds is 26. The predicted molar refractivity (Wildman–Crippen MR) is 478 cm³/mol. The lowest BCUT2D eigenvalue weighted by Crippen LogP contribution is -2.62. The van der Waals surface area contributed by atoms with Crippen molar-refractivity contribution in [2.75, 3.05) is 44.2 Å². The third-order valence-corrected chi connectivity index (χ3v) is 22.6. The van der Waals surface area contributed by atoms with Gasteiger partial charge in [-0.25, -0.2) is 9.97 Å². The highest BCUT2D eigenvalue weighted by Gasteiger charge is 2.41. The molecule has 8 rings (SSSR count). The molecular weight excluding hydrogens is 1750 g/mol. The molecule has 13 atom stereocenters. The number of aromatic amines is 2. The number of carboxylic acid groups (broad SMARTS) is 1. The lowest BCUT2D eigenvalue weighted by atomic mass is 9.95. The number of aliphatic carboxylic acids is 1. The molecule has 0 aliphatic carbocycles. The van der Waals surface area contributed by atoms with Crippen molar-refractivity contribution in [1.82, 2.24) is 105 Å². The van der Waals surface area contributed by atoms with Crippen molar-refractivity contribution in [3.63, 3.8) is 0 Å². The number of nitrogens with zero attached hydrogens (tertiary/aromatic N) is 3. The number of thioether (sulfide) groups is 1. The molecular formula is C87H115N23O22S. The highest BCUT2D eigenvalue weighted by Crippen LogP contribution is 2.23. The zero-order chi connectivity index (χ0) is 97.0. The fourth-order valence-corrected chi connectivity index (χ4v) is 15.2. The van der Waals surface area contributed by atoms with Gasteiger partial charge in [-0.15, -0.1) is 11.8 Å². The average Bonchev–Trinajstić information content (AvgIpc) is 1.76. The molecule has 2 fully saturated rings. The Hall–Kier alpha value is -14.9. The largest absolute Gasteiger partial charge is 0.508 e. The first-order chi connectivity index (χ1) is 63.4. The van der Waals surface area contributed by atoms with Crippen LogP contribution in [0.3, 0.4) is 0 Å². The Morgan fingerprint density at radius 1 is 0.489 bits per heavy atom. The van der Waals surface area contributed by atoms with Gasteiger partial charge in [0, 0.05) is 87.6 Å². The molecule has 0 saturated carbocycles. The number of aromatic hydroxyl groups is 4. The fourth-order valence-electron chi connectivity index (χ4n) is 14.4. The smallest absolute Gasteiger partial charge is 0.303 e. The summed E-state index contributed by atoms with van der Waals surface area (Å²) in [4.78, 5) is 259. The zero-order valence-electron chi connectivity index (χ0n) is 73.6. The van der Waals surface area contributed by atoms with Crippen molar-refractivity contribution >= 4 is 118 Å². The molecule has 716 valence electrons. The number of imidazole rings is 2. The van der Waals surface area contributed by atoms with Crippen molar-refractivity contribution < 1.29 is 107 Å². The second-order valence-corrected chi connectivity index (χ2v) is 33.6. The topological polar surface area (TPSA) is 708 Å². The van der Waals surface area contributed by atoms with Gasteiger partial charge in [0.05, 0.1) is 38.0 Å². The van der Waals surface area contributed by atoms with Crippen LogP contribution in [0.25, 0.3) is 0 Å². The van der Waals surface area contributed by atoms with Gasteiger partial charge in [-0.05, 0) is 121 Å². The van der Waals surface area contributed by atoms with Crippen LogP contribution in [0.1, 0.15) is 113 Å². The number of hydrogen-bond acceptors (Lipinski definition) is 25. The van der Waals surface area contributed by atoms with Crippen LogP contribution in [-0.2, 0) is 120 Å². The molecule has 2 aliphatic heterocycles. The molecule has 0 radical (unpaired) electrons. The Labute approximate surface area is 768 Å². The third-order valence-electron chi connectivity index (χ3n) is 21.6. The second kappa shape index (κ2) is 51.5.